The first-order valence-corrected chi connectivity index (χ1v) is 9.49. The summed E-state index contributed by atoms with van der Waals surface area (Å²) in [5.74, 6) is 1.17. The van der Waals surface area contributed by atoms with Gasteiger partial charge in [0.05, 0.1) is 16.5 Å². The number of thiophene rings is 1. The van der Waals surface area contributed by atoms with Crippen molar-refractivity contribution in [1.29, 1.82) is 0 Å². The molecular formula is C19H16N6O2S. The Kier molecular flexibility index (Phi) is 4.90. The normalized spacial score (nSPS) is 10.9. The maximum absolute atomic E-state index is 11.0. The zero-order valence-corrected chi connectivity index (χ0v) is 15.8. The van der Waals surface area contributed by atoms with Crippen molar-refractivity contribution >= 4 is 33.1 Å². The van der Waals surface area contributed by atoms with E-state index in [1.54, 1.807) is 42.1 Å². The van der Waals surface area contributed by atoms with Crippen LogP contribution < -0.4 is 5.32 Å². The largest absolute Gasteiger partial charge is 0.365 e. The molecule has 0 aliphatic carbocycles. The van der Waals surface area contributed by atoms with E-state index in [9.17, 15) is 10.1 Å². The minimum atomic E-state index is -0.398. The summed E-state index contributed by atoms with van der Waals surface area (Å²) in [6.07, 6.45) is 5.74. The van der Waals surface area contributed by atoms with Gasteiger partial charge >= 0.3 is 0 Å². The third kappa shape index (κ3) is 3.65. The number of fused-ring (bicyclic) bond motifs is 1. The van der Waals surface area contributed by atoms with Gasteiger partial charge in [0.1, 0.15) is 16.3 Å². The minimum Gasteiger partial charge on any atom is -0.365 e. The second-order valence-corrected chi connectivity index (χ2v) is 7.17. The highest BCUT2D eigenvalue weighted by molar-refractivity contribution is 7.18. The molecule has 0 spiro atoms. The second-order valence-electron chi connectivity index (χ2n) is 6.05. The first-order chi connectivity index (χ1) is 13.6. The molecule has 8 nitrogen and oxygen atoms in total. The van der Waals surface area contributed by atoms with E-state index < -0.39 is 4.92 Å². The molecule has 0 saturated carbocycles. The van der Waals surface area contributed by atoms with Gasteiger partial charge in [-0.15, -0.1) is 11.3 Å². The number of nitro groups is 1. The molecule has 0 aliphatic heterocycles. The van der Waals surface area contributed by atoms with Gasteiger partial charge in [-0.3, -0.25) is 15.1 Å². The summed E-state index contributed by atoms with van der Waals surface area (Å²) in [6, 6.07) is 8.63. The average molecular weight is 392 g/mol. The highest BCUT2D eigenvalue weighted by Crippen LogP contribution is 2.31. The number of benzene rings is 1. The van der Waals surface area contributed by atoms with Crippen molar-refractivity contribution in [3.05, 3.63) is 69.5 Å². The van der Waals surface area contributed by atoms with E-state index in [2.05, 4.69) is 38.2 Å². The fourth-order valence-corrected chi connectivity index (χ4v) is 3.74. The topological polar surface area (TPSA) is 107 Å². The minimum absolute atomic E-state index is 0.0659. The predicted octanol–water partition coefficient (Wildman–Crippen LogP) is 4.23. The number of nitrogens with zero attached hydrogens (tertiary/aromatic N) is 5. The number of rotatable bonds is 6. The third-order valence-electron chi connectivity index (χ3n) is 4.17. The number of hydrogen-bond acceptors (Lipinski definition) is 8. The number of non-ortho nitro benzene ring substituents is 1. The molecular weight excluding hydrogens is 376 g/mol. The summed E-state index contributed by atoms with van der Waals surface area (Å²) >= 11 is 1.62. The Hall–Kier alpha value is -3.46. The fraction of sp³-hybridized carbons (Fsp3) is 0.158. The molecule has 0 saturated heterocycles. The lowest BCUT2D eigenvalue weighted by Gasteiger charge is -2.09. The average Bonchev–Trinajstić information content (AvgIpc) is 3.16. The van der Waals surface area contributed by atoms with Crippen LogP contribution in [-0.2, 0) is 13.0 Å². The number of aromatic nitrogens is 4. The Bertz CT molecular complexity index is 1150. The monoisotopic (exact) mass is 392 g/mol. The Labute approximate surface area is 164 Å². The summed E-state index contributed by atoms with van der Waals surface area (Å²) < 4.78 is 0. The molecule has 3 heterocycles. The maximum Gasteiger partial charge on any atom is 0.269 e. The van der Waals surface area contributed by atoms with Gasteiger partial charge in [0.25, 0.3) is 5.69 Å². The van der Waals surface area contributed by atoms with Crippen LogP contribution in [0.4, 0.5) is 11.5 Å². The fourth-order valence-electron chi connectivity index (χ4n) is 2.78. The molecule has 0 unspecified atom stereocenters. The van der Waals surface area contributed by atoms with E-state index in [0.29, 0.717) is 23.9 Å². The van der Waals surface area contributed by atoms with Gasteiger partial charge in [0.2, 0.25) is 0 Å². The second kappa shape index (κ2) is 7.65. The Balaban J connectivity index is 1.71. The van der Waals surface area contributed by atoms with Gasteiger partial charge in [0, 0.05) is 35.9 Å². The summed E-state index contributed by atoms with van der Waals surface area (Å²) in [5.41, 5.74) is 1.46. The van der Waals surface area contributed by atoms with Crippen LogP contribution in [0.3, 0.4) is 0 Å². The van der Waals surface area contributed by atoms with Gasteiger partial charge < -0.3 is 5.32 Å². The molecule has 4 rings (SSSR count). The molecule has 9 heteroatoms. The van der Waals surface area contributed by atoms with E-state index in [0.717, 1.165) is 22.2 Å². The van der Waals surface area contributed by atoms with Gasteiger partial charge in [-0.1, -0.05) is 19.1 Å². The van der Waals surface area contributed by atoms with Crippen molar-refractivity contribution < 1.29 is 4.92 Å². The molecule has 3 aromatic heterocycles. The molecule has 0 aliphatic rings. The van der Waals surface area contributed by atoms with Crippen LogP contribution in [0, 0.1) is 10.1 Å². The first-order valence-electron chi connectivity index (χ1n) is 8.68. The number of nitro benzene ring substituents is 1. The van der Waals surface area contributed by atoms with Crippen molar-refractivity contribution in [3.8, 4) is 11.5 Å². The lowest BCUT2D eigenvalue weighted by Crippen LogP contribution is -2.04. The highest BCUT2D eigenvalue weighted by atomic mass is 32.1. The van der Waals surface area contributed by atoms with Crippen LogP contribution in [0.2, 0.25) is 0 Å². The first kappa shape index (κ1) is 17.9. The van der Waals surface area contributed by atoms with Crippen LogP contribution >= 0.6 is 11.3 Å². The van der Waals surface area contributed by atoms with E-state index in [1.165, 1.54) is 10.9 Å². The smallest absolute Gasteiger partial charge is 0.269 e. The molecule has 28 heavy (non-hydrogen) atoms. The van der Waals surface area contributed by atoms with Crippen LogP contribution in [-0.4, -0.2) is 24.9 Å². The molecule has 1 N–H and O–H groups in total. The van der Waals surface area contributed by atoms with Gasteiger partial charge in [0.15, 0.2) is 5.82 Å². The maximum atomic E-state index is 11.0. The summed E-state index contributed by atoms with van der Waals surface area (Å²) in [6.45, 7) is 2.50. The summed E-state index contributed by atoms with van der Waals surface area (Å²) in [7, 11) is 0. The lowest BCUT2D eigenvalue weighted by atomic mass is 10.2. The highest BCUT2D eigenvalue weighted by Gasteiger charge is 2.14. The van der Waals surface area contributed by atoms with Gasteiger partial charge in [-0.2, -0.15) is 0 Å². The van der Waals surface area contributed by atoms with Crippen molar-refractivity contribution in [1.82, 2.24) is 19.9 Å². The standard InChI is InChI=1S/C19H16N6O2S/c1-2-14-9-15-17(22-10-12-4-3-5-13(8-12)25(26)27)23-18(24-19(15)28-14)16-11-20-6-7-21-16/h3-9,11H,2,10H2,1H3,(H,22,23,24). The van der Waals surface area contributed by atoms with Crippen molar-refractivity contribution in [2.45, 2.75) is 19.9 Å². The lowest BCUT2D eigenvalue weighted by molar-refractivity contribution is -0.384. The molecule has 4 aromatic rings. The summed E-state index contributed by atoms with van der Waals surface area (Å²) in [5, 5.41) is 15.2. The molecule has 0 bridgehead atoms. The Morgan fingerprint density at radius 1 is 1.21 bits per heavy atom. The van der Waals surface area contributed by atoms with Crippen LogP contribution in [0.1, 0.15) is 17.4 Å². The zero-order valence-electron chi connectivity index (χ0n) is 15.0. The number of anilines is 1. The molecule has 1 aromatic carbocycles. The van der Waals surface area contributed by atoms with Crippen molar-refractivity contribution in [3.63, 3.8) is 0 Å². The number of nitrogens with one attached hydrogen (secondary N) is 1. The molecule has 140 valence electrons. The quantitative estimate of drug-likeness (QED) is 0.386. The van der Waals surface area contributed by atoms with Crippen LogP contribution in [0.5, 0.6) is 0 Å². The Morgan fingerprint density at radius 3 is 2.86 bits per heavy atom. The van der Waals surface area contributed by atoms with E-state index in [-0.39, 0.29) is 5.69 Å². The zero-order chi connectivity index (χ0) is 19.5. The van der Waals surface area contributed by atoms with Crippen molar-refractivity contribution in [2.24, 2.45) is 0 Å². The third-order valence-corrected chi connectivity index (χ3v) is 5.34. The van der Waals surface area contributed by atoms with Crippen molar-refractivity contribution in [2.75, 3.05) is 5.32 Å². The molecule has 0 amide bonds. The van der Waals surface area contributed by atoms with Gasteiger partial charge in [-0.05, 0) is 18.1 Å². The predicted molar refractivity (Wildman–Crippen MR) is 108 cm³/mol. The van der Waals surface area contributed by atoms with E-state index >= 15 is 0 Å². The van der Waals surface area contributed by atoms with E-state index in [1.807, 2.05) is 6.07 Å². The van der Waals surface area contributed by atoms with Crippen LogP contribution in [0.15, 0.2) is 48.9 Å². The van der Waals surface area contributed by atoms with Crippen LogP contribution in [0.25, 0.3) is 21.7 Å². The molecule has 0 atom stereocenters. The molecule has 0 fully saturated rings. The molecule has 0 radical (unpaired) electrons. The summed E-state index contributed by atoms with van der Waals surface area (Å²) in [4.78, 5) is 30.3. The SMILES string of the molecule is CCc1cc2c(NCc3cccc([N+](=O)[O-])c3)nc(-c3cnccn3)nc2s1. The Morgan fingerprint density at radius 2 is 2.11 bits per heavy atom. The van der Waals surface area contributed by atoms with Gasteiger partial charge in [-0.25, -0.2) is 15.0 Å². The van der Waals surface area contributed by atoms with E-state index in [4.69, 9.17) is 0 Å². The number of hydrogen-bond donors (Lipinski definition) is 1. The number of aryl methyl sites for hydroxylation is 1.